The highest BCUT2D eigenvalue weighted by molar-refractivity contribution is 5.95. The summed E-state index contributed by atoms with van der Waals surface area (Å²) in [5.41, 5.74) is 0.888. The second-order valence-corrected chi connectivity index (χ2v) is 6.88. The van der Waals surface area contributed by atoms with Gasteiger partial charge in [-0.2, -0.15) is 0 Å². The van der Waals surface area contributed by atoms with Gasteiger partial charge in [0.15, 0.2) is 0 Å². The summed E-state index contributed by atoms with van der Waals surface area (Å²) in [7, 11) is 0. The van der Waals surface area contributed by atoms with Crippen LogP contribution in [0.2, 0.25) is 0 Å². The average Bonchev–Trinajstić information content (AvgIpc) is 3.22. The highest BCUT2D eigenvalue weighted by Crippen LogP contribution is 2.21. The molecular weight excluding hydrogens is 388 g/mol. The highest BCUT2D eigenvalue weighted by Gasteiger charge is 2.25. The number of halogens is 2. The Hall–Kier alpha value is -3.41. The van der Waals surface area contributed by atoms with Gasteiger partial charge in [0.05, 0.1) is 12.6 Å². The normalized spacial score (nSPS) is 15.4. The SMILES string of the molecule is Fc1cccc(F)c1C1=NC(CCOc2ccc(OCc3ccccc3)cc2)CO1. The Morgan fingerprint density at radius 1 is 0.833 bits per heavy atom. The van der Waals surface area contributed by atoms with Crippen molar-refractivity contribution in [2.75, 3.05) is 13.2 Å². The van der Waals surface area contributed by atoms with Crippen LogP contribution in [-0.2, 0) is 11.3 Å². The second-order valence-electron chi connectivity index (χ2n) is 6.88. The summed E-state index contributed by atoms with van der Waals surface area (Å²) < 4.78 is 44.6. The molecule has 1 heterocycles. The van der Waals surface area contributed by atoms with Gasteiger partial charge in [-0.05, 0) is 42.0 Å². The molecular formula is C24H21F2NO3. The lowest BCUT2D eigenvalue weighted by molar-refractivity contribution is 0.264. The number of nitrogens with zero attached hydrogens (tertiary/aromatic N) is 1. The number of hydrogen-bond acceptors (Lipinski definition) is 4. The van der Waals surface area contributed by atoms with E-state index in [9.17, 15) is 8.78 Å². The van der Waals surface area contributed by atoms with E-state index in [2.05, 4.69) is 4.99 Å². The fourth-order valence-electron chi connectivity index (χ4n) is 3.09. The van der Waals surface area contributed by atoms with Crippen LogP contribution >= 0.6 is 0 Å². The molecule has 4 nitrogen and oxygen atoms in total. The molecule has 0 fully saturated rings. The zero-order valence-electron chi connectivity index (χ0n) is 16.3. The molecule has 1 aliphatic heterocycles. The molecule has 0 saturated heterocycles. The fraction of sp³-hybridized carbons (Fsp3) is 0.208. The molecule has 0 aliphatic carbocycles. The molecule has 0 N–H and O–H groups in total. The number of hydrogen-bond donors (Lipinski definition) is 0. The van der Waals surface area contributed by atoms with Crippen molar-refractivity contribution in [2.24, 2.45) is 4.99 Å². The third-order valence-electron chi connectivity index (χ3n) is 4.68. The van der Waals surface area contributed by atoms with Crippen molar-refractivity contribution in [1.29, 1.82) is 0 Å². The van der Waals surface area contributed by atoms with Crippen LogP contribution in [0.3, 0.4) is 0 Å². The van der Waals surface area contributed by atoms with Crippen molar-refractivity contribution in [3.8, 4) is 11.5 Å². The van der Waals surface area contributed by atoms with Gasteiger partial charge < -0.3 is 14.2 Å². The van der Waals surface area contributed by atoms with Crippen molar-refractivity contribution >= 4 is 5.90 Å². The van der Waals surface area contributed by atoms with Gasteiger partial charge in [-0.3, -0.25) is 0 Å². The molecule has 0 radical (unpaired) electrons. The van der Waals surface area contributed by atoms with Crippen LogP contribution in [0.25, 0.3) is 0 Å². The summed E-state index contributed by atoms with van der Waals surface area (Å²) in [5.74, 6) is 0.123. The number of aliphatic imine (C=N–C) groups is 1. The van der Waals surface area contributed by atoms with Gasteiger partial charge in [-0.1, -0.05) is 36.4 Å². The van der Waals surface area contributed by atoms with E-state index in [0.29, 0.717) is 25.4 Å². The van der Waals surface area contributed by atoms with Crippen LogP contribution in [0.4, 0.5) is 8.78 Å². The zero-order chi connectivity index (χ0) is 20.8. The van der Waals surface area contributed by atoms with E-state index < -0.39 is 11.6 Å². The Bertz CT molecular complexity index is 986. The van der Waals surface area contributed by atoms with Gasteiger partial charge in [0, 0.05) is 6.42 Å². The van der Waals surface area contributed by atoms with E-state index in [1.165, 1.54) is 18.2 Å². The quantitative estimate of drug-likeness (QED) is 0.516. The molecule has 1 aliphatic rings. The van der Waals surface area contributed by atoms with E-state index in [-0.39, 0.29) is 24.1 Å². The molecule has 3 aromatic carbocycles. The van der Waals surface area contributed by atoms with Gasteiger partial charge in [0.1, 0.15) is 41.9 Å². The predicted molar refractivity (Wildman–Crippen MR) is 110 cm³/mol. The van der Waals surface area contributed by atoms with Gasteiger partial charge in [-0.15, -0.1) is 0 Å². The van der Waals surface area contributed by atoms with Gasteiger partial charge >= 0.3 is 0 Å². The molecule has 0 spiro atoms. The first-order chi connectivity index (χ1) is 14.7. The lowest BCUT2D eigenvalue weighted by Gasteiger charge is -2.10. The van der Waals surface area contributed by atoms with E-state index in [1.807, 2.05) is 54.6 Å². The first-order valence-electron chi connectivity index (χ1n) is 9.73. The van der Waals surface area contributed by atoms with Crippen molar-refractivity contribution < 1.29 is 23.0 Å². The average molecular weight is 409 g/mol. The Morgan fingerprint density at radius 3 is 2.20 bits per heavy atom. The standard InChI is InChI=1S/C24H21F2NO3/c25-21-7-4-8-22(26)23(21)24-27-18(16-30-24)13-14-28-19-9-11-20(12-10-19)29-15-17-5-2-1-3-6-17/h1-12,18H,13-16H2. The van der Waals surface area contributed by atoms with Crippen molar-refractivity contribution in [1.82, 2.24) is 0 Å². The maximum Gasteiger partial charge on any atom is 0.222 e. The van der Waals surface area contributed by atoms with Crippen LogP contribution in [0.5, 0.6) is 11.5 Å². The Kier molecular flexibility index (Phi) is 6.23. The minimum Gasteiger partial charge on any atom is -0.494 e. The molecule has 0 aromatic heterocycles. The number of rotatable bonds is 8. The maximum absolute atomic E-state index is 13.9. The third-order valence-corrected chi connectivity index (χ3v) is 4.68. The molecule has 1 atom stereocenters. The monoisotopic (exact) mass is 409 g/mol. The molecule has 0 amide bonds. The van der Waals surface area contributed by atoms with Crippen LogP contribution < -0.4 is 9.47 Å². The molecule has 154 valence electrons. The van der Waals surface area contributed by atoms with Crippen molar-refractivity contribution in [3.63, 3.8) is 0 Å². The maximum atomic E-state index is 13.9. The first-order valence-corrected chi connectivity index (χ1v) is 9.73. The molecule has 4 rings (SSSR count). The van der Waals surface area contributed by atoms with E-state index >= 15 is 0 Å². The minimum absolute atomic E-state index is 0.00974. The number of ether oxygens (including phenoxy) is 3. The molecule has 0 bridgehead atoms. The molecule has 1 unspecified atom stereocenters. The van der Waals surface area contributed by atoms with Gasteiger partial charge in [-0.25, -0.2) is 13.8 Å². The topological polar surface area (TPSA) is 40.0 Å². The summed E-state index contributed by atoms with van der Waals surface area (Å²) in [6.07, 6.45) is 0.575. The van der Waals surface area contributed by atoms with Crippen LogP contribution in [0.1, 0.15) is 17.5 Å². The summed E-state index contributed by atoms with van der Waals surface area (Å²) in [6, 6.07) is 20.8. The van der Waals surface area contributed by atoms with E-state index in [1.54, 1.807) is 0 Å². The largest absolute Gasteiger partial charge is 0.494 e. The van der Waals surface area contributed by atoms with Crippen molar-refractivity contribution in [3.05, 3.63) is 95.6 Å². The lowest BCUT2D eigenvalue weighted by Crippen LogP contribution is -2.11. The Balaban J connectivity index is 1.25. The Morgan fingerprint density at radius 2 is 1.50 bits per heavy atom. The Labute approximate surface area is 173 Å². The van der Waals surface area contributed by atoms with Crippen LogP contribution in [0.15, 0.2) is 77.8 Å². The van der Waals surface area contributed by atoms with Gasteiger partial charge in [0.25, 0.3) is 0 Å². The summed E-state index contributed by atoms with van der Waals surface area (Å²) in [5, 5.41) is 0. The summed E-state index contributed by atoms with van der Waals surface area (Å²) in [4.78, 5) is 4.29. The first kappa shape index (κ1) is 19.9. The number of benzene rings is 3. The minimum atomic E-state index is -0.680. The van der Waals surface area contributed by atoms with Crippen molar-refractivity contribution in [2.45, 2.75) is 19.1 Å². The third kappa shape index (κ3) is 4.95. The predicted octanol–water partition coefficient (Wildman–Crippen LogP) is 5.16. The summed E-state index contributed by atoms with van der Waals surface area (Å²) in [6.45, 7) is 1.19. The van der Waals surface area contributed by atoms with Crippen LogP contribution in [0, 0.1) is 11.6 Å². The lowest BCUT2D eigenvalue weighted by atomic mass is 10.2. The van der Waals surface area contributed by atoms with E-state index in [0.717, 1.165) is 11.3 Å². The zero-order valence-corrected chi connectivity index (χ0v) is 16.3. The molecule has 30 heavy (non-hydrogen) atoms. The smallest absolute Gasteiger partial charge is 0.222 e. The molecule has 6 heteroatoms. The highest BCUT2D eigenvalue weighted by atomic mass is 19.1. The summed E-state index contributed by atoms with van der Waals surface area (Å²) >= 11 is 0. The molecule has 0 saturated carbocycles. The molecule has 3 aromatic rings. The second kappa shape index (κ2) is 9.39. The van der Waals surface area contributed by atoms with Gasteiger partial charge in [0.2, 0.25) is 5.90 Å². The van der Waals surface area contributed by atoms with E-state index in [4.69, 9.17) is 14.2 Å². The van der Waals surface area contributed by atoms with Crippen LogP contribution in [-0.4, -0.2) is 25.2 Å². The fourth-order valence-corrected chi connectivity index (χ4v) is 3.09.